The van der Waals surface area contributed by atoms with Crippen molar-refractivity contribution in [2.75, 3.05) is 0 Å². The quantitative estimate of drug-likeness (QED) is 0.334. The molecule has 0 saturated heterocycles. The van der Waals surface area contributed by atoms with Crippen LogP contribution in [0.4, 0.5) is 0 Å². The second kappa shape index (κ2) is 8.47. The highest BCUT2D eigenvalue weighted by atomic mass is 32.2. The second-order valence-electron chi connectivity index (χ2n) is 8.22. The van der Waals surface area contributed by atoms with Crippen molar-refractivity contribution in [1.82, 2.24) is 29.8 Å². The van der Waals surface area contributed by atoms with Gasteiger partial charge in [-0.25, -0.2) is 0 Å². The van der Waals surface area contributed by atoms with Crippen molar-refractivity contribution in [1.29, 1.82) is 0 Å². The standard InChI is InChI=1S/C23H24N6OS/c1-5-14-28-20(16-10-12-17(13-11-16)23(2,3)4)25-26-22(28)31-15-29-21(30)18-8-6-7-9-19(18)24-27-29/h5-13H,1,14-15H2,2-4H3. The van der Waals surface area contributed by atoms with Crippen LogP contribution in [0.25, 0.3) is 22.3 Å². The highest BCUT2D eigenvalue weighted by molar-refractivity contribution is 7.98. The lowest BCUT2D eigenvalue weighted by Gasteiger charge is -2.19. The summed E-state index contributed by atoms with van der Waals surface area (Å²) in [4.78, 5) is 12.7. The largest absolute Gasteiger partial charge is 0.298 e. The number of allylic oxidation sites excluding steroid dienone is 1. The van der Waals surface area contributed by atoms with Crippen molar-refractivity contribution in [3.63, 3.8) is 0 Å². The highest BCUT2D eigenvalue weighted by Gasteiger charge is 2.17. The molecular formula is C23H24N6OS. The van der Waals surface area contributed by atoms with E-state index in [0.717, 1.165) is 11.4 Å². The molecule has 0 aliphatic heterocycles. The summed E-state index contributed by atoms with van der Waals surface area (Å²) in [6, 6.07) is 15.6. The summed E-state index contributed by atoms with van der Waals surface area (Å²) < 4.78 is 3.33. The number of hydrogen-bond donors (Lipinski definition) is 0. The third-order valence-corrected chi connectivity index (χ3v) is 5.92. The average molecular weight is 433 g/mol. The van der Waals surface area contributed by atoms with Gasteiger partial charge in [0.2, 0.25) is 0 Å². The fourth-order valence-corrected chi connectivity index (χ4v) is 4.07. The Kier molecular flexibility index (Phi) is 5.73. The van der Waals surface area contributed by atoms with Crippen LogP contribution < -0.4 is 5.56 Å². The van der Waals surface area contributed by atoms with Crippen molar-refractivity contribution in [3.8, 4) is 11.4 Å². The van der Waals surface area contributed by atoms with Crippen molar-refractivity contribution < 1.29 is 0 Å². The molecule has 158 valence electrons. The number of benzene rings is 2. The fourth-order valence-electron chi connectivity index (χ4n) is 3.25. The first-order valence-corrected chi connectivity index (χ1v) is 11.0. The SMILES string of the molecule is C=CCn1c(SCn2nnc3ccccc3c2=O)nnc1-c1ccc(C(C)(C)C)cc1. The second-order valence-corrected chi connectivity index (χ2v) is 9.13. The van der Waals surface area contributed by atoms with Crippen LogP contribution in [0.1, 0.15) is 26.3 Å². The minimum atomic E-state index is -0.175. The molecule has 2 aromatic carbocycles. The van der Waals surface area contributed by atoms with Crippen LogP contribution in [0.15, 0.2) is 71.1 Å². The molecule has 2 aromatic heterocycles. The lowest BCUT2D eigenvalue weighted by Crippen LogP contribution is -2.23. The van der Waals surface area contributed by atoms with Gasteiger partial charge in [-0.1, -0.05) is 80.2 Å². The first-order chi connectivity index (χ1) is 14.9. The minimum absolute atomic E-state index is 0.0858. The molecule has 0 fully saturated rings. The van der Waals surface area contributed by atoms with Crippen molar-refractivity contribution in [2.24, 2.45) is 0 Å². The monoisotopic (exact) mass is 432 g/mol. The third kappa shape index (κ3) is 4.29. The summed E-state index contributed by atoms with van der Waals surface area (Å²) in [5, 5.41) is 18.2. The molecule has 4 aromatic rings. The van der Waals surface area contributed by atoms with Gasteiger partial charge in [-0.15, -0.1) is 21.9 Å². The topological polar surface area (TPSA) is 78.5 Å². The molecule has 0 atom stereocenters. The molecule has 2 heterocycles. The Morgan fingerprint density at radius 1 is 1.03 bits per heavy atom. The summed E-state index contributed by atoms with van der Waals surface area (Å²) in [7, 11) is 0. The van der Waals surface area contributed by atoms with Crippen LogP contribution in [0, 0.1) is 0 Å². The number of thioether (sulfide) groups is 1. The number of aromatic nitrogens is 6. The van der Waals surface area contributed by atoms with Gasteiger partial charge >= 0.3 is 0 Å². The molecule has 7 nitrogen and oxygen atoms in total. The molecule has 31 heavy (non-hydrogen) atoms. The fraction of sp³-hybridized carbons (Fsp3) is 0.261. The van der Waals surface area contributed by atoms with Crippen molar-refractivity contribution in [3.05, 3.63) is 77.1 Å². The van der Waals surface area contributed by atoms with E-state index >= 15 is 0 Å². The lowest BCUT2D eigenvalue weighted by molar-refractivity contribution is 0.590. The van der Waals surface area contributed by atoms with Crippen molar-refractivity contribution in [2.45, 2.75) is 43.8 Å². The van der Waals surface area contributed by atoms with E-state index in [1.54, 1.807) is 12.1 Å². The maximum Gasteiger partial charge on any atom is 0.278 e. The Hall–Kier alpha value is -3.26. The average Bonchev–Trinajstić information content (AvgIpc) is 3.16. The number of fused-ring (bicyclic) bond motifs is 1. The Morgan fingerprint density at radius 2 is 1.77 bits per heavy atom. The molecule has 0 saturated carbocycles. The predicted molar refractivity (Wildman–Crippen MR) is 124 cm³/mol. The predicted octanol–water partition coefficient (Wildman–Crippen LogP) is 4.28. The summed E-state index contributed by atoms with van der Waals surface area (Å²) in [5.41, 5.74) is 2.74. The Balaban J connectivity index is 1.61. The summed E-state index contributed by atoms with van der Waals surface area (Å²) in [6.45, 7) is 11.0. The van der Waals surface area contributed by atoms with E-state index in [-0.39, 0.29) is 16.9 Å². The summed E-state index contributed by atoms with van der Waals surface area (Å²) in [6.07, 6.45) is 1.81. The molecule has 0 aliphatic rings. The van der Waals surface area contributed by atoms with Crippen LogP contribution in [0.2, 0.25) is 0 Å². The van der Waals surface area contributed by atoms with Crippen LogP contribution in [-0.2, 0) is 17.8 Å². The Morgan fingerprint density at radius 3 is 2.48 bits per heavy atom. The molecule has 0 bridgehead atoms. The summed E-state index contributed by atoms with van der Waals surface area (Å²) in [5.74, 6) is 1.05. The van der Waals surface area contributed by atoms with Gasteiger partial charge in [-0.2, -0.15) is 4.68 Å². The molecule has 0 amide bonds. The van der Waals surface area contributed by atoms with Gasteiger partial charge in [0.25, 0.3) is 5.56 Å². The Labute approximate surface area is 184 Å². The van der Waals surface area contributed by atoms with E-state index in [0.29, 0.717) is 22.6 Å². The van der Waals surface area contributed by atoms with Crippen molar-refractivity contribution >= 4 is 22.7 Å². The third-order valence-electron chi connectivity index (χ3n) is 4.98. The zero-order valence-corrected chi connectivity index (χ0v) is 18.6. The van der Waals surface area contributed by atoms with Gasteiger partial charge in [0, 0.05) is 12.1 Å². The zero-order valence-electron chi connectivity index (χ0n) is 17.8. The molecule has 0 spiro atoms. The molecule has 8 heteroatoms. The number of hydrogen-bond acceptors (Lipinski definition) is 6. The normalized spacial score (nSPS) is 11.7. The van der Waals surface area contributed by atoms with Gasteiger partial charge < -0.3 is 0 Å². The van der Waals surface area contributed by atoms with Gasteiger partial charge in [0.15, 0.2) is 11.0 Å². The van der Waals surface area contributed by atoms with E-state index in [4.69, 9.17) is 0 Å². The zero-order chi connectivity index (χ0) is 22.0. The Bertz CT molecular complexity index is 1280. The van der Waals surface area contributed by atoms with E-state index in [1.807, 2.05) is 22.8 Å². The smallest absolute Gasteiger partial charge is 0.278 e. The maximum absolute atomic E-state index is 12.7. The van der Waals surface area contributed by atoms with E-state index in [1.165, 1.54) is 22.0 Å². The van der Waals surface area contributed by atoms with Gasteiger partial charge in [-0.3, -0.25) is 9.36 Å². The van der Waals surface area contributed by atoms with Gasteiger partial charge in [-0.05, 0) is 23.1 Å². The maximum atomic E-state index is 12.7. The van der Waals surface area contributed by atoms with Crippen LogP contribution in [-0.4, -0.2) is 29.8 Å². The highest BCUT2D eigenvalue weighted by Crippen LogP contribution is 2.28. The van der Waals surface area contributed by atoms with E-state index < -0.39 is 0 Å². The molecule has 0 radical (unpaired) electrons. The molecular weight excluding hydrogens is 408 g/mol. The lowest BCUT2D eigenvalue weighted by atomic mass is 9.87. The van der Waals surface area contributed by atoms with Gasteiger partial charge in [0.05, 0.1) is 11.3 Å². The van der Waals surface area contributed by atoms with E-state index in [2.05, 4.69) is 72.1 Å². The molecule has 0 unspecified atom stereocenters. The number of nitrogens with zero attached hydrogens (tertiary/aromatic N) is 6. The minimum Gasteiger partial charge on any atom is -0.298 e. The summed E-state index contributed by atoms with van der Waals surface area (Å²) >= 11 is 1.39. The molecule has 4 rings (SSSR count). The van der Waals surface area contributed by atoms with Crippen LogP contribution in [0.3, 0.4) is 0 Å². The number of rotatable bonds is 6. The van der Waals surface area contributed by atoms with E-state index in [9.17, 15) is 4.79 Å². The first kappa shape index (κ1) is 21.0. The van der Waals surface area contributed by atoms with Crippen LogP contribution in [0.5, 0.6) is 0 Å². The van der Waals surface area contributed by atoms with Crippen LogP contribution >= 0.6 is 11.8 Å². The first-order valence-electron chi connectivity index (χ1n) is 9.99. The van der Waals surface area contributed by atoms with Gasteiger partial charge in [0.1, 0.15) is 5.52 Å². The molecule has 0 N–H and O–H groups in total. The molecule has 0 aliphatic carbocycles.